The molecule has 2 aromatic rings. The number of benzene rings is 1. The van der Waals surface area contributed by atoms with Gasteiger partial charge in [-0.3, -0.25) is 4.79 Å². The van der Waals surface area contributed by atoms with E-state index in [0.29, 0.717) is 5.76 Å². The summed E-state index contributed by atoms with van der Waals surface area (Å²) in [5.41, 5.74) is -0.449. The Balaban J connectivity index is 1.76. The minimum atomic E-state index is -1.19. The Labute approximate surface area is 111 Å². The number of aliphatic hydroxyl groups is 1. The fourth-order valence-electron chi connectivity index (χ4n) is 2.08. The first-order valence-electron chi connectivity index (χ1n) is 6.55. The number of hydrogen-bond acceptors (Lipinski definition) is 3. The summed E-state index contributed by atoms with van der Waals surface area (Å²) in [6, 6.07) is 9.42. The summed E-state index contributed by atoms with van der Waals surface area (Å²) in [4.78, 5) is 11.6. The van der Waals surface area contributed by atoms with Crippen molar-refractivity contribution >= 4 is 16.9 Å². The van der Waals surface area contributed by atoms with Gasteiger partial charge in [0.05, 0.1) is 6.54 Å². The highest BCUT2D eigenvalue weighted by molar-refractivity contribution is 5.81. The van der Waals surface area contributed by atoms with E-state index in [1.807, 2.05) is 30.3 Å². The van der Waals surface area contributed by atoms with Crippen molar-refractivity contribution in [3.63, 3.8) is 0 Å². The standard InChI is InChI=1S/C15H17NO3/c1-15(18,9-16-14(17)10-6-7-10)13-8-11-4-2-3-5-12(11)19-13/h2-5,8,10,18H,6-7,9H2,1H3,(H,16,17). The van der Waals surface area contributed by atoms with E-state index >= 15 is 0 Å². The van der Waals surface area contributed by atoms with Gasteiger partial charge in [0.15, 0.2) is 0 Å². The number of rotatable bonds is 4. The normalized spacial score (nSPS) is 18.2. The number of carbonyl (C=O) groups excluding carboxylic acids is 1. The Kier molecular flexibility index (Phi) is 2.82. The van der Waals surface area contributed by atoms with Crippen molar-refractivity contribution in [3.05, 3.63) is 36.1 Å². The minimum absolute atomic E-state index is 0.0244. The smallest absolute Gasteiger partial charge is 0.223 e. The van der Waals surface area contributed by atoms with Crippen LogP contribution in [0.5, 0.6) is 0 Å². The number of fused-ring (bicyclic) bond motifs is 1. The maximum atomic E-state index is 11.6. The van der Waals surface area contributed by atoms with Gasteiger partial charge >= 0.3 is 0 Å². The molecule has 0 bridgehead atoms. The van der Waals surface area contributed by atoms with Crippen LogP contribution in [0.2, 0.25) is 0 Å². The largest absolute Gasteiger partial charge is 0.458 e. The van der Waals surface area contributed by atoms with Gasteiger partial charge in [-0.05, 0) is 31.9 Å². The molecule has 1 unspecified atom stereocenters. The molecule has 1 aliphatic rings. The lowest BCUT2D eigenvalue weighted by molar-refractivity contribution is -0.123. The zero-order valence-electron chi connectivity index (χ0n) is 10.8. The van der Waals surface area contributed by atoms with Crippen molar-refractivity contribution in [2.45, 2.75) is 25.4 Å². The maximum Gasteiger partial charge on any atom is 0.223 e. The summed E-state index contributed by atoms with van der Waals surface area (Å²) in [5.74, 6) is 0.646. The third-order valence-corrected chi connectivity index (χ3v) is 3.51. The van der Waals surface area contributed by atoms with Gasteiger partial charge in [-0.25, -0.2) is 0 Å². The third-order valence-electron chi connectivity index (χ3n) is 3.51. The van der Waals surface area contributed by atoms with Gasteiger partial charge in [0.1, 0.15) is 16.9 Å². The summed E-state index contributed by atoms with van der Waals surface area (Å²) in [7, 11) is 0. The van der Waals surface area contributed by atoms with E-state index in [-0.39, 0.29) is 18.4 Å². The van der Waals surface area contributed by atoms with Crippen LogP contribution in [0.1, 0.15) is 25.5 Å². The fourth-order valence-corrected chi connectivity index (χ4v) is 2.08. The quantitative estimate of drug-likeness (QED) is 0.884. The summed E-state index contributed by atoms with van der Waals surface area (Å²) in [5, 5.41) is 14.2. The molecular weight excluding hydrogens is 242 g/mol. The second kappa shape index (κ2) is 4.38. The topological polar surface area (TPSA) is 62.5 Å². The summed E-state index contributed by atoms with van der Waals surface area (Å²) in [6.45, 7) is 1.82. The molecule has 1 amide bonds. The molecule has 1 aromatic heterocycles. The van der Waals surface area contributed by atoms with Gasteiger partial charge in [-0.2, -0.15) is 0 Å². The summed E-state index contributed by atoms with van der Waals surface area (Å²) >= 11 is 0. The van der Waals surface area contributed by atoms with Crippen LogP contribution >= 0.6 is 0 Å². The first-order valence-corrected chi connectivity index (χ1v) is 6.55. The molecule has 1 saturated carbocycles. The summed E-state index contributed by atoms with van der Waals surface area (Å²) in [6.07, 6.45) is 1.91. The zero-order valence-corrected chi connectivity index (χ0v) is 10.8. The minimum Gasteiger partial charge on any atom is -0.458 e. The van der Waals surface area contributed by atoms with E-state index in [0.717, 1.165) is 23.8 Å². The molecule has 4 nitrogen and oxygen atoms in total. The van der Waals surface area contributed by atoms with Gasteiger partial charge in [0.2, 0.25) is 5.91 Å². The van der Waals surface area contributed by atoms with Gasteiger partial charge in [0.25, 0.3) is 0 Å². The van der Waals surface area contributed by atoms with Crippen LogP contribution in [-0.4, -0.2) is 17.6 Å². The van der Waals surface area contributed by atoms with Crippen LogP contribution in [0.4, 0.5) is 0 Å². The van der Waals surface area contributed by atoms with Gasteiger partial charge in [0, 0.05) is 11.3 Å². The molecule has 2 N–H and O–H groups in total. The van der Waals surface area contributed by atoms with Crippen molar-refractivity contribution in [1.82, 2.24) is 5.32 Å². The Bertz CT molecular complexity index is 578. The number of carbonyl (C=O) groups is 1. The SMILES string of the molecule is CC(O)(CNC(=O)C1CC1)c1cc2ccccc2o1. The summed E-state index contributed by atoms with van der Waals surface area (Å²) < 4.78 is 5.64. The molecule has 1 fully saturated rings. The molecule has 100 valence electrons. The number of furan rings is 1. The lowest BCUT2D eigenvalue weighted by atomic mass is 10.0. The fraction of sp³-hybridized carbons (Fsp3) is 0.400. The molecule has 0 saturated heterocycles. The average Bonchev–Trinajstić information content (AvgIpc) is 3.14. The van der Waals surface area contributed by atoms with Gasteiger partial charge in [-0.1, -0.05) is 18.2 Å². The van der Waals surface area contributed by atoms with Crippen LogP contribution in [-0.2, 0) is 10.4 Å². The van der Waals surface area contributed by atoms with Crippen molar-refractivity contribution < 1.29 is 14.3 Å². The van der Waals surface area contributed by atoms with E-state index < -0.39 is 5.60 Å². The Hall–Kier alpha value is -1.81. The lowest BCUT2D eigenvalue weighted by Crippen LogP contribution is -2.39. The predicted octanol–water partition coefficient (Wildman–Crippen LogP) is 2.17. The molecule has 1 heterocycles. The molecule has 0 spiro atoms. The molecule has 19 heavy (non-hydrogen) atoms. The van der Waals surface area contributed by atoms with E-state index in [1.165, 1.54) is 0 Å². The second-order valence-electron chi connectivity index (χ2n) is 5.41. The number of nitrogens with one attached hydrogen (secondary N) is 1. The van der Waals surface area contributed by atoms with Crippen molar-refractivity contribution in [3.8, 4) is 0 Å². The molecule has 1 aromatic carbocycles. The molecule has 3 rings (SSSR count). The maximum absolute atomic E-state index is 11.6. The Morgan fingerprint density at radius 1 is 1.47 bits per heavy atom. The number of para-hydroxylation sites is 1. The second-order valence-corrected chi connectivity index (χ2v) is 5.41. The molecule has 0 aliphatic heterocycles. The van der Waals surface area contributed by atoms with Crippen molar-refractivity contribution in [1.29, 1.82) is 0 Å². The van der Waals surface area contributed by atoms with Crippen molar-refractivity contribution in [2.75, 3.05) is 6.54 Å². The highest BCUT2D eigenvalue weighted by Crippen LogP contribution is 2.30. The van der Waals surface area contributed by atoms with E-state index in [1.54, 1.807) is 6.92 Å². The highest BCUT2D eigenvalue weighted by Gasteiger charge is 2.33. The first kappa shape index (κ1) is 12.2. The zero-order chi connectivity index (χ0) is 13.5. The molecule has 1 aliphatic carbocycles. The van der Waals surface area contributed by atoms with E-state index in [2.05, 4.69) is 5.32 Å². The average molecular weight is 259 g/mol. The van der Waals surface area contributed by atoms with Gasteiger partial charge in [-0.15, -0.1) is 0 Å². The van der Waals surface area contributed by atoms with E-state index in [4.69, 9.17) is 4.42 Å². The Morgan fingerprint density at radius 3 is 2.89 bits per heavy atom. The first-order chi connectivity index (χ1) is 9.06. The Morgan fingerprint density at radius 2 is 2.21 bits per heavy atom. The van der Waals surface area contributed by atoms with Gasteiger partial charge < -0.3 is 14.8 Å². The number of hydrogen-bond donors (Lipinski definition) is 2. The molecule has 1 atom stereocenters. The predicted molar refractivity (Wildman–Crippen MR) is 71.5 cm³/mol. The van der Waals surface area contributed by atoms with Crippen LogP contribution in [0.3, 0.4) is 0 Å². The number of amides is 1. The molecule has 4 heteroatoms. The molecular formula is C15H17NO3. The van der Waals surface area contributed by atoms with E-state index in [9.17, 15) is 9.90 Å². The van der Waals surface area contributed by atoms with Crippen LogP contribution in [0.25, 0.3) is 11.0 Å². The van der Waals surface area contributed by atoms with Crippen molar-refractivity contribution in [2.24, 2.45) is 5.92 Å². The lowest BCUT2D eigenvalue weighted by Gasteiger charge is -2.21. The van der Waals surface area contributed by atoms with Crippen LogP contribution in [0.15, 0.2) is 34.7 Å². The third kappa shape index (κ3) is 2.49. The highest BCUT2D eigenvalue weighted by atomic mass is 16.4. The molecule has 0 radical (unpaired) electrons. The monoisotopic (exact) mass is 259 g/mol. The van der Waals surface area contributed by atoms with Crippen LogP contribution < -0.4 is 5.32 Å². The van der Waals surface area contributed by atoms with Crippen LogP contribution in [0, 0.1) is 5.92 Å².